The summed E-state index contributed by atoms with van der Waals surface area (Å²) >= 11 is 0. The summed E-state index contributed by atoms with van der Waals surface area (Å²) in [4.78, 5) is 0. The van der Waals surface area contributed by atoms with Crippen molar-refractivity contribution >= 4 is 0 Å². The van der Waals surface area contributed by atoms with E-state index in [4.69, 9.17) is 9.47 Å². The Kier molecular flexibility index (Phi) is 3.57. The molecule has 2 heterocycles. The summed E-state index contributed by atoms with van der Waals surface area (Å²) < 4.78 is 12.7. The van der Waals surface area contributed by atoms with E-state index in [9.17, 15) is 5.11 Å². The van der Waals surface area contributed by atoms with E-state index in [0.29, 0.717) is 11.7 Å². The lowest BCUT2D eigenvalue weighted by Crippen LogP contribution is -2.50. The molecule has 4 atom stereocenters. The Morgan fingerprint density at radius 2 is 1.79 bits per heavy atom. The van der Waals surface area contributed by atoms with Crippen LogP contribution in [0.1, 0.15) is 50.3 Å². The zero-order chi connectivity index (χ0) is 16.9. The first-order chi connectivity index (χ1) is 11.5. The molecule has 4 rings (SSSR count). The Morgan fingerprint density at radius 3 is 2.54 bits per heavy atom. The minimum absolute atomic E-state index is 0.0363. The molecule has 2 aromatic rings. The summed E-state index contributed by atoms with van der Waals surface area (Å²) in [5.41, 5.74) is 1.91. The molecule has 2 aliphatic heterocycles. The van der Waals surface area contributed by atoms with E-state index < -0.39 is 0 Å². The molecule has 0 saturated carbocycles. The third-order valence-electron chi connectivity index (χ3n) is 5.62. The number of rotatable bonds is 1. The van der Waals surface area contributed by atoms with Crippen LogP contribution in [-0.4, -0.2) is 16.8 Å². The zero-order valence-corrected chi connectivity index (χ0v) is 14.4. The average Bonchev–Trinajstić information content (AvgIpc) is 2.56. The first-order valence-electron chi connectivity index (χ1n) is 8.68. The van der Waals surface area contributed by atoms with Crippen molar-refractivity contribution in [1.29, 1.82) is 0 Å². The fourth-order valence-corrected chi connectivity index (χ4v) is 4.27. The molecule has 0 unspecified atom stereocenters. The Hall–Kier alpha value is -2.00. The van der Waals surface area contributed by atoms with Crippen LogP contribution in [0.15, 0.2) is 48.5 Å². The molecule has 0 aliphatic carbocycles. The van der Waals surface area contributed by atoms with Crippen molar-refractivity contribution in [2.45, 2.75) is 50.9 Å². The van der Waals surface area contributed by atoms with E-state index in [1.807, 2.05) is 18.2 Å². The van der Waals surface area contributed by atoms with Gasteiger partial charge in [-0.25, -0.2) is 0 Å². The van der Waals surface area contributed by atoms with Gasteiger partial charge in [0.05, 0.1) is 12.2 Å². The highest BCUT2D eigenvalue weighted by molar-refractivity contribution is 5.49. The van der Waals surface area contributed by atoms with Gasteiger partial charge in [0.15, 0.2) is 11.5 Å². The molecule has 3 nitrogen and oxygen atoms in total. The van der Waals surface area contributed by atoms with E-state index in [1.54, 1.807) is 6.07 Å². The van der Waals surface area contributed by atoms with E-state index in [-0.39, 0.29) is 29.5 Å². The van der Waals surface area contributed by atoms with Gasteiger partial charge in [0.25, 0.3) is 0 Å². The summed E-state index contributed by atoms with van der Waals surface area (Å²) in [6, 6.07) is 16.1. The second kappa shape index (κ2) is 5.52. The molecular weight excluding hydrogens is 300 g/mol. The van der Waals surface area contributed by atoms with E-state index in [2.05, 4.69) is 45.0 Å². The minimum Gasteiger partial charge on any atom is -0.504 e. The number of hydrogen-bond acceptors (Lipinski definition) is 3. The van der Waals surface area contributed by atoms with Gasteiger partial charge in [-0.3, -0.25) is 0 Å². The first kappa shape index (κ1) is 15.5. The van der Waals surface area contributed by atoms with Gasteiger partial charge in [0.1, 0.15) is 5.60 Å². The molecule has 0 aromatic heterocycles. The van der Waals surface area contributed by atoms with Crippen LogP contribution < -0.4 is 4.74 Å². The first-order valence-corrected chi connectivity index (χ1v) is 8.68. The quantitative estimate of drug-likeness (QED) is 0.818. The number of hydrogen-bond donors (Lipinski definition) is 1. The predicted molar refractivity (Wildman–Crippen MR) is 93.4 cm³/mol. The molecule has 0 bridgehead atoms. The summed E-state index contributed by atoms with van der Waals surface area (Å²) in [6.45, 7) is 6.35. The summed E-state index contributed by atoms with van der Waals surface area (Å²) in [7, 11) is 0. The topological polar surface area (TPSA) is 38.7 Å². The zero-order valence-electron chi connectivity index (χ0n) is 14.4. The Bertz CT molecular complexity index is 738. The minimum atomic E-state index is -0.385. The lowest BCUT2D eigenvalue weighted by molar-refractivity contribution is -0.153. The predicted octanol–water partition coefficient (Wildman–Crippen LogP) is 4.81. The van der Waals surface area contributed by atoms with Crippen LogP contribution in [0, 0.1) is 5.92 Å². The average molecular weight is 324 g/mol. The Morgan fingerprint density at radius 1 is 1.04 bits per heavy atom. The van der Waals surface area contributed by atoms with Crippen LogP contribution in [0.5, 0.6) is 11.5 Å². The van der Waals surface area contributed by atoms with Gasteiger partial charge in [-0.1, -0.05) is 42.5 Å². The number of phenols is 1. The number of para-hydroxylation sites is 1. The van der Waals surface area contributed by atoms with Crippen molar-refractivity contribution in [3.05, 3.63) is 59.7 Å². The van der Waals surface area contributed by atoms with Gasteiger partial charge in [-0.05, 0) is 38.8 Å². The van der Waals surface area contributed by atoms with Gasteiger partial charge in [0, 0.05) is 17.4 Å². The summed E-state index contributed by atoms with van der Waals surface area (Å²) in [5.74, 6) is 1.37. The highest BCUT2D eigenvalue weighted by Gasteiger charge is 2.50. The van der Waals surface area contributed by atoms with Crippen LogP contribution in [0.2, 0.25) is 0 Å². The molecular formula is C21H24O3. The third kappa shape index (κ3) is 2.39. The third-order valence-corrected chi connectivity index (χ3v) is 5.62. The van der Waals surface area contributed by atoms with Gasteiger partial charge in [-0.15, -0.1) is 0 Å². The Labute approximate surface area is 143 Å². The van der Waals surface area contributed by atoms with Gasteiger partial charge in [0.2, 0.25) is 0 Å². The largest absolute Gasteiger partial charge is 0.504 e. The van der Waals surface area contributed by atoms with Gasteiger partial charge >= 0.3 is 0 Å². The number of fused-ring (bicyclic) bond motifs is 3. The fourth-order valence-electron chi connectivity index (χ4n) is 4.27. The summed E-state index contributed by atoms with van der Waals surface area (Å²) in [6.07, 6.45) is 1.10. The number of ether oxygens (including phenoxy) is 2. The molecule has 2 aliphatic rings. The van der Waals surface area contributed by atoms with Crippen molar-refractivity contribution in [3.8, 4) is 11.5 Å². The maximum absolute atomic E-state index is 10.2. The van der Waals surface area contributed by atoms with Crippen LogP contribution in [-0.2, 0) is 4.74 Å². The molecule has 126 valence electrons. The van der Waals surface area contributed by atoms with Crippen molar-refractivity contribution in [2.75, 3.05) is 0 Å². The summed E-state index contributed by atoms with van der Waals surface area (Å²) in [5, 5.41) is 10.2. The maximum Gasteiger partial charge on any atom is 0.167 e. The molecule has 3 heteroatoms. The SMILES string of the molecule is C[C@@H]1O[C@@H]2c3cccc(O)c3OC(C)(C)[C@H]2C[C@@H]1c1ccccc1. The van der Waals surface area contributed by atoms with Gasteiger partial charge in [-0.2, -0.15) is 0 Å². The molecule has 1 fully saturated rings. The van der Waals surface area contributed by atoms with Gasteiger partial charge < -0.3 is 14.6 Å². The molecule has 0 spiro atoms. The standard InChI is InChI=1S/C21H24O3/c1-13-16(14-8-5-4-6-9-14)12-17-19(23-13)15-10-7-11-18(22)20(15)24-21(17,2)3/h4-11,13,16-17,19,22H,12H2,1-3H3/t13-,16-,17-,19+/m0/s1. The van der Waals surface area contributed by atoms with Crippen LogP contribution in [0.3, 0.4) is 0 Å². The maximum atomic E-state index is 10.2. The second-order valence-electron chi connectivity index (χ2n) is 7.52. The number of benzene rings is 2. The van der Waals surface area contributed by atoms with Crippen molar-refractivity contribution < 1.29 is 14.6 Å². The van der Waals surface area contributed by atoms with Crippen molar-refractivity contribution in [1.82, 2.24) is 0 Å². The highest BCUT2D eigenvalue weighted by atomic mass is 16.5. The van der Waals surface area contributed by atoms with Crippen molar-refractivity contribution in [2.24, 2.45) is 5.92 Å². The fraction of sp³-hybridized carbons (Fsp3) is 0.429. The molecule has 1 saturated heterocycles. The monoisotopic (exact) mass is 324 g/mol. The highest BCUT2D eigenvalue weighted by Crippen LogP contribution is 2.55. The van der Waals surface area contributed by atoms with E-state index in [0.717, 1.165) is 12.0 Å². The molecule has 1 N–H and O–H groups in total. The Balaban J connectivity index is 1.74. The lowest BCUT2D eigenvalue weighted by Gasteiger charge is -2.50. The molecule has 2 aromatic carbocycles. The smallest absolute Gasteiger partial charge is 0.167 e. The van der Waals surface area contributed by atoms with Crippen LogP contribution >= 0.6 is 0 Å². The molecule has 0 radical (unpaired) electrons. The second-order valence-corrected chi connectivity index (χ2v) is 7.52. The van der Waals surface area contributed by atoms with Crippen LogP contribution in [0.25, 0.3) is 0 Å². The van der Waals surface area contributed by atoms with E-state index >= 15 is 0 Å². The van der Waals surface area contributed by atoms with Crippen LogP contribution in [0.4, 0.5) is 0 Å². The number of phenolic OH excluding ortho intramolecular Hbond substituents is 1. The molecule has 0 amide bonds. The normalized spacial score (nSPS) is 30.8. The number of aromatic hydroxyl groups is 1. The van der Waals surface area contributed by atoms with Crippen molar-refractivity contribution in [3.63, 3.8) is 0 Å². The lowest BCUT2D eigenvalue weighted by atomic mass is 9.70. The molecule has 24 heavy (non-hydrogen) atoms. The van der Waals surface area contributed by atoms with E-state index in [1.165, 1.54) is 5.56 Å².